The van der Waals surface area contributed by atoms with Crippen LogP contribution >= 0.6 is 0 Å². The summed E-state index contributed by atoms with van der Waals surface area (Å²) in [6.07, 6.45) is 3.83. The van der Waals surface area contributed by atoms with E-state index in [-0.39, 0.29) is 12.4 Å². The first kappa shape index (κ1) is 12.4. The Morgan fingerprint density at radius 2 is 1.94 bits per heavy atom. The van der Waals surface area contributed by atoms with Gasteiger partial charge in [-0.1, -0.05) is 16.6 Å². The van der Waals surface area contributed by atoms with Gasteiger partial charge in [0.15, 0.2) is 12.4 Å². The molecular weight excluding hydrogens is 230 g/mol. The Kier molecular flexibility index (Phi) is 4.19. The number of hydrogen-bond donors (Lipinski definition) is 0. The fourth-order valence-electron chi connectivity index (χ4n) is 0.980. The first-order valence-corrected chi connectivity index (χ1v) is 6.16. The zero-order valence-electron chi connectivity index (χ0n) is 8.57. The van der Waals surface area contributed by atoms with E-state index in [4.69, 9.17) is 0 Å². The lowest BCUT2D eigenvalue weighted by molar-refractivity contribution is -0.511. The minimum absolute atomic E-state index is 0.185. The Morgan fingerprint density at radius 3 is 2.50 bits per heavy atom. The Balaban J connectivity index is 2.60. The highest BCUT2D eigenvalue weighted by Crippen LogP contribution is 1.88. The third-order valence-corrected chi connectivity index (χ3v) is 3.33. The van der Waals surface area contributed by atoms with Crippen molar-refractivity contribution < 1.29 is 21.9 Å². The maximum absolute atomic E-state index is 11.6. The van der Waals surface area contributed by atoms with Crippen LogP contribution in [-0.2, 0) is 19.6 Å². The number of carbonyl (C=O) groups is 1. The highest BCUT2D eigenvalue weighted by atomic mass is 32.2. The van der Waals surface area contributed by atoms with Gasteiger partial charge in [-0.3, -0.25) is 0 Å². The van der Waals surface area contributed by atoms with Crippen molar-refractivity contribution in [1.82, 2.24) is 0 Å². The third kappa shape index (κ3) is 3.47. The number of ether oxygens (including phenoxy) is 1. The number of rotatable bonds is 5. The molecule has 0 spiro atoms. The van der Waals surface area contributed by atoms with E-state index in [0.29, 0.717) is 0 Å². The molecule has 0 aliphatic rings. The van der Waals surface area contributed by atoms with Crippen LogP contribution in [0.2, 0.25) is 0 Å². The molecule has 0 saturated carbocycles. The molecule has 0 aliphatic carbocycles. The lowest BCUT2D eigenvalue weighted by Gasteiger charge is -2.00. The first-order valence-electron chi connectivity index (χ1n) is 4.55. The lowest BCUT2D eigenvalue weighted by atomic mass is 10.5. The van der Waals surface area contributed by atoms with Crippen LogP contribution in [0.4, 0.5) is 0 Å². The second-order valence-electron chi connectivity index (χ2n) is 2.89. The second-order valence-corrected chi connectivity index (χ2v) is 4.89. The van der Waals surface area contributed by atoms with Gasteiger partial charge in [-0.2, -0.15) is 8.42 Å². The smallest absolute Gasteiger partial charge is 0.372 e. The summed E-state index contributed by atoms with van der Waals surface area (Å²) in [5.41, 5.74) is 0. The van der Waals surface area contributed by atoms with Crippen molar-refractivity contribution in [3.05, 3.63) is 43.2 Å². The summed E-state index contributed by atoms with van der Waals surface area (Å²) in [7, 11) is -3.46. The largest absolute Gasteiger partial charge is 0.461 e. The molecule has 86 valence electrons. The quantitative estimate of drug-likeness (QED) is 0.410. The highest BCUT2D eigenvalue weighted by molar-refractivity contribution is 7.84. The van der Waals surface area contributed by atoms with Gasteiger partial charge >= 0.3 is 16.0 Å². The Morgan fingerprint density at radius 1 is 1.31 bits per heavy atom. The number of esters is 1. The summed E-state index contributed by atoms with van der Waals surface area (Å²) in [6.45, 7) is 3.02. The zero-order chi connectivity index (χ0) is 12.0. The van der Waals surface area contributed by atoms with Crippen LogP contribution in [0.1, 0.15) is 0 Å². The SMILES string of the molecule is C=CC(=O)OCCS(=O)(=O)[n+]1ccccc1. The maximum atomic E-state index is 11.6. The molecule has 6 heteroatoms. The van der Waals surface area contributed by atoms with Crippen molar-refractivity contribution in [2.75, 3.05) is 12.4 Å². The molecule has 0 aliphatic heterocycles. The Bertz CT molecular complexity index is 467. The van der Waals surface area contributed by atoms with E-state index in [2.05, 4.69) is 11.3 Å². The molecular formula is C10H12NO4S+. The molecule has 0 bridgehead atoms. The van der Waals surface area contributed by atoms with E-state index in [0.717, 1.165) is 10.0 Å². The fourth-order valence-corrected chi connectivity index (χ4v) is 2.00. The van der Waals surface area contributed by atoms with E-state index in [9.17, 15) is 13.2 Å². The lowest BCUT2D eigenvalue weighted by Crippen LogP contribution is -2.44. The van der Waals surface area contributed by atoms with E-state index in [1.165, 1.54) is 12.4 Å². The number of nitrogens with zero attached hydrogens (tertiary/aromatic N) is 1. The van der Waals surface area contributed by atoms with Crippen molar-refractivity contribution in [1.29, 1.82) is 0 Å². The van der Waals surface area contributed by atoms with Crippen LogP contribution in [0.15, 0.2) is 43.2 Å². The topological polar surface area (TPSA) is 64.3 Å². The van der Waals surface area contributed by atoms with E-state index < -0.39 is 16.0 Å². The molecule has 0 amide bonds. The van der Waals surface area contributed by atoms with Crippen LogP contribution in [0, 0.1) is 0 Å². The molecule has 1 aromatic heterocycles. The molecule has 0 N–H and O–H groups in total. The molecule has 0 radical (unpaired) electrons. The molecule has 1 aromatic rings. The van der Waals surface area contributed by atoms with Crippen LogP contribution in [0.5, 0.6) is 0 Å². The average molecular weight is 242 g/mol. The summed E-state index contributed by atoms with van der Waals surface area (Å²) in [6, 6.07) is 4.92. The molecule has 0 unspecified atom stereocenters. The predicted octanol–water partition coefficient (Wildman–Crippen LogP) is -0.119. The standard InChI is InChI=1S/C10H12NO4S/c1-2-10(12)15-8-9-16(13,14)11-6-4-3-5-7-11/h2-7H,1,8-9H2/q+1. The van der Waals surface area contributed by atoms with Crippen LogP contribution in [0.3, 0.4) is 0 Å². The predicted molar refractivity (Wildman–Crippen MR) is 57.0 cm³/mol. The molecule has 1 rings (SSSR count). The van der Waals surface area contributed by atoms with Gasteiger partial charge in [0.05, 0.1) is 0 Å². The Labute approximate surface area is 94.0 Å². The van der Waals surface area contributed by atoms with Crippen molar-refractivity contribution in [3.8, 4) is 0 Å². The van der Waals surface area contributed by atoms with Crippen LogP contribution in [-0.4, -0.2) is 26.7 Å². The molecule has 0 aromatic carbocycles. The van der Waals surface area contributed by atoms with Gasteiger partial charge in [-0.25, -0.2) is 4.79 Å². The third-order valence-electron chi connectivity index (χ3n) is 1.76. The molecule has 0 saturated heterocycles. The fraction of sp³-hybridized carbons (Fsp3) is 0.200. The summed E-state index contributed by atoms with van der Waals surface area (Å²) < 4.78 is 29.0. The minimum atomic E-state index is -3.46. The van der Waals surface area contributed by atoms with Gasteiger partial charge in [-0.15, -0.1) is 0 Å². The number of carbonyl (C=O) groups excluding carboxylic acids is 1. The van der Waals surface area contributed by atoms with Crippen molar-refractivity contribution in [2.45, 2.75) is 0 Å². The van der Waals surface area contributed by atoms with Gasteiger partial charge in [0, 0.05) is 18.2 Å². The molecule has 0 fully saturated rings. The summed E-state index contributed by atoms with van der Waals surface area (Å²) in [5, 5.41) is 0. The normalized spacial score (nSPS) is 10.8. The van der Waals surface area contributed by atoms with E-state index in [1.807, 2.05) is 0 Å². The van der Waals surface area contributed by atoms with E-state index in [1.54, 1.807) is 18.2 Å². The second kappa shape index (κ2) is 5.41. The number of aromatic nitrogens is 1. The molecule has 1 heterocycles. The van der Waals surface area contributed by atoms with Crippen molar-refractivity contribution >= 4 is 16.0 Å². The number of hydrogen-bond acceptors (Lipinski definition) is 4. The number of pyridine rings is 1. The molecule has 0 atom stereocenters. The van der Waals surface area contributed by atoms with Crippen LogP contribution in [0.25, 0.3) is 0 Å². The van der Waals surface area contributed by atoms with E-state index >= 15 is 0 Å². The highest BCUT2D eigenvalue weighted by Gasteiger charge is 2.21. The van der Waals surface area contributed by atoms with Gasteiger partial charge in [0.1, 0.15) is 12.4 Å². The van der Waals surface area contributed by atoms with Gasteiger partial charge < -0.3 is 4.74 Å². The summed E-state index contributed by atoms with van der Waals surface area (Å²) in [4.78, 5) is 10.7. The molecule has 16 heavy (non-hydrogen) atoms. The van der Waals surface area contributed by atoms with Gasteiger partial charge in [0.25, 0.3) is 0 Å². The first-order chi connectivity index (χ1) is 7.56. The van der Waals surface area contributed by atoms with Crippen molar-refractivity contribution in [3.63, 3.8) is 0 Å². The average Bonchev–Trinajstić information content (AvgIpc) is 2.30. The van der Waals surface area contributed by atoms with Gasteiger partial charge in [-0.05, 0) is 0 Å². The van der Waals surface area contributed by atoms with Crippen molar-refractivity contribution in [2.24, 2.45) is 0 Å². The maximum Gasteiger partial charge on any atom is 0.372 e. The van der Waals surface area contributed by atoms with Crippen LogP contribution < -0.4 is 3.97 Å². The zero-order valence-corrected chi connectivity index (χ0v) is 9.39. The monoisotopic (exact) mass is 242 g/mol. The minimum Gasteiger partial charge on any atom is -0.461 e. The molecule has 5 nitrogen and oxygen atoms in total. The van der Waals surface area contributed by atoms with Gasteiger partial charge in [0.2, 0.25) is 0 Å². The Hall–Kier alpha value is -1.69. The summed E-state index contributed by atoms with van der Waals surface area (Å²) in [5.74, 6) is -0.894. The summed E-state index contributed by atoms with van der Waals surface area (Å²) >= 11 is 0.